The standard InChI is InChI=1S/C22H24N2O4/c1-13-21(14-6-4-5-7-16(14)23-13)17(25)11-24-10-15-19(27-2)8-9-20(28-3)22(15)18(26)12-24/h4-9,18,23,26H,10-12H2,1-3H3. The number of para-hydroxylation sites is 1. The third kappa shape index (κ3) is 3.04. The number of hydrogen-bond acceptors (Lipinski definition) is 5. The first-order valence-corrected chi connectivity index (χ1v) is 9.28. The van der Waals surface area contributed by atoms with Crippen LogP contribution in [0.4, 0.5) is 0 Å². The summed E-state index contributed by atoms with van der Waals surface area (Å²) in [7, 11) is 3.19. The summed E-state index contributed by atoms with van der Waals surface area (Å²) in [6.07, 6.45) is -0.745. The van der Waals surface area contributed by atoms with E-state index in [0.717, 1.165) is 27.7 Å². The Morgan fingerprint density at radius 2 is 1.89 bits per heavy atom. The number of nitrogens with zero attached hydrogens (tertiary/aromatic N) is 1. The van der Waals surface area contributed by atoms with Gasteiger partial charge in [0, 0.05) is 46.4 Å². The second-order valence-corrected chi connectivity index (χ2v) is 7.14. The number of carbonyl (C=O) groups is 1. The summed E-state index contributed by atoms with van der Waals surface area (Å²) >= 11 is 0. The predicted octanol–water partition coefficient (Wildman–Crippen LogP) is 3.23. The molecule has 0 bridgehead atoms. The third-order valence-corrected chi connectivity index (χ3v) is 5.40. The van der Waals surface area contributed by atoms with Gasteiger partial charge in [-0.05, 0) is 25.1 Å². The van der Waals surface area contributed by atoms with E-state index in [-0.39, 0.29) is 12.3 Å². The van der Waals surface area contributed by atoms with Crippen LogP contribution in [0.1, 0.15) is 33.3 Å². The highest BCUT2D eigenvalue weighted by atomic mass is 16.5. The molecule has 3 aromatic rings. The van der Waals surface area contributed by atoms with E-state index in [1.165, 1.54) is 0 Å². The van der Waals surface area contributed by atoms with Crippen LogP contribution >= 0.6 is 0 Å². The number of aromatic nitrogens is 1. The van der Waals surface area contributed by atoms with Crippen molar-refractivity contribution in [3.8, 4) is 11.5 Å². The zero-order chi connectivity index (χ0) is 19.8. The summed E-state index contributed by atoms with van der Waals surface area (Å²) in [6, 6.07) is 11.4. The highest BCUT2D eigenvalue weighted by Gasteiger charge is 2.31. The van der Waals surface area contributed by atoms with Crippen molar-refractivity contribution in [2.24, 2.45) is 0 Å². The lowest BCUT2D eigenvalue weighted by Gasteiger charge is -2.33. The third-order valence-electron chi connectivity index (χ3n) is 5.40. The van der Waals surface area contributed by atoms with Crippen molar-refractivity contribution < 1.29 is 19.4 Å². The Hall–Kier alpha value is -2.83. The van der Waals surface area contributed by atoms with Crippen molar-refractivity contribution in [2.45, 2.75) is 19.6 Å². The molecule has 28 heavy (non-hydrogen) atoms. The van der Waals surface area contributed by atoms with Gasteiger partial charge >= 0.3 is 0 Å². The number of H-pyrrole nitrogens is 1. The molecule has 2 heterocycles. The van der Waals surface area contributed by atoms with Gasteiger partial charge in [-0.2, -0.15) is 0 Å². The number of aryl methyl sites for hydroxylation is 1. The zero-order valence-electron chi connectivity index (χ0n) is 16.3. The molecule has 2 N–H and O–H groups in total. The van der Waals surface area contributed by atoms with Crippen molar-refractivity contribution in [1.82, 2.24) is 9.88 Å². The summed E-state index contributed by atoms with van der Waals surface area (Å²) in [5, 5.41) is 11.7. The molecule has 1 atom stereocenters. The lowest BCUT2D eigenvalue weighted by atomic mass is 9.94. The first-order chi connectivity index (χ1) is 13.5. The number of methoxy groups -OCH3 is 2. The highest BCUT2D eigenvalue weighted by molar-refractivity contribution is 6.10. The van der Waals surface area contributed by atoms with Crippen LogP contribution in [0.5, 0.6) is 11.5 Å². The van der Waals surface area contributed by atoms with E-state index >= 15 is 0 Å². The molecular weight excluding hydrogens is 356 g/mol. The quantitative estimate of drug-likeness (QED) is 0.665. The minimum absolute atomic E-state index is 0.0347. The molecule has 146 valence electrons. The molecule has 6 nitrogen and oxygen atoms in total. The fourth-order valence-corrected chi connectivity index (χ4v) is 4.18. The minimum atomic E-state index is -0.745. The molecular formula is C22H24N2O4. The number of hydrogen-bond donors (Lipinski definition) is 2. The largest absolute Gasteiger partial charge is 0.496 e. The van der Waals surface area contributed by atoms with Crippen LogP contribution in [0, 0.1) is 6.92 Å². The lowest BCUT2D eigenvalue weighted by molar-refractivity contribution is 0.0737. The fourth-order valence-electron chi connectivity index (χ4n) is 4.18. The number of carbonyl (C=O) groups excluding carboxylic acids is 1. The van der Waals surface area contributed by atoms with Crippen LogP contribution < -0.4 is 9.47 Å². The van der Waals surface area contributed by atoms with Gasteiger partial charge in [0.15, 0.2) is 5.78 Å². The summed E-state index contributed by atoms with van der Waals surface area (Å²) in [5.41, 5.74) is 4.15. The molecule has 2 aromatic carbocycles. The Kier molecular flexibility index (Phi) is 4.83. The number of ether oxygens (including phenoxy) is 2. The number of fused-ring (bicyclic) bond motifs is 2. The molecule has 0 aliphatic carbocycles. The Bertz CT molecular complexity index is 1040. The summed E-state index contributed by atoms with van der Waals surface area (Å²) in [5.74, 6) is 1.37. The van der Waals surface area contributed by atoms with Gasteiger partial charge in [0.1, 0.15) is 11.5 Å². The first kappa shape index (κ1) is 18.5. The van der Waals surface area contributed by atoms with Gasteiger partial charge in [0.2, 0.25) is 0 Å². The number of aromatic amines is 1. The van der Waals surface area contributed by atoms with Gasteiger partial charge in [-0.25, -0.2) is 0 Å². The average molecular weight is 380 g/mol. The maximum atomic E-state index is 13.1. The van der Waals surface area contributed by atoms with Gasteiger partial charge in [-0.3, -0.25) is 9.69 Å². The Balaban J connectivity index is 1.64. The van der Waals surface area contributed by atoms with Crippen molar-refractivity contribution in [3.63, 3.8) is 0 Å². The molecule has 0 saturated carbocycles. The number of rotatable bonds is 5. The summed E-state index contributed by atoms with van der Waals surface area (Å²) in [4.78, 5) is 18.3. The van der Waals surface area contributed by atoms with Gasteiger partial charge in [-0.1, -0.05) is 18.2 Å². The van der Waals surface area contributed by atoms with Gasteiger partial charge < -0.3 is 19.6 Å². The van der Waals surface area contributed by atoms with Gasteiger partial charge in [0.05, 0.1) is 26.9 Å². The van der Waals surface area contributed by atoms with Crippen molar-refractivity contribution in [1.29, 1.82) is 0 Å². The molecule has 0 spiro atoms. The maximum Gasteiger partial charge on any atom is 0.179 e. The smallest absolute Gasteiger partial charge is 0.179 e. The molecule has 4 rings (SSSR count). The second kappa shape index (κ2) is 7.30. The van der Waals surface area contributed by atoms with Crippen LogP contribution in [0.3, 0.4) is 0 Å². The van der Waals surface area contributed by atoms with E-state index in [4.69, 9.17) is 9.47 Å². The number of ketones is 1. The molecule has 0 amide bonds. The molecule has 1 aromatic heterocycles. The molecule has 0 saturated heterocycles. The van der Waals surface area contributed by atoms with Gasteiger partial charge in [-0.15, -0.1) is 0 Å². The van der Waals surface area contributed by atoms with E-state index in [2.05, 4.69) is 4.98 Å². The number of benzene rings is 2. The molecule has 1 aliphatic rings. The van der Waals surface area contributed by atoms with E-state index in [9.17, 15) is 9.90 Å². The Morgan fingerprint density at radius 1 is 1.18 bits per heavy atom. The second-order valence-electron chi connectivity index (χ2n) is 7.14. The molecule has 0 fully saturated rings. The average Bonchev–Trinajstić information content (AvgIpc) is 3.02. The van der Waals surface area contributed by atoms with Crippen LogP contribution in [-0.2, 0) is 6.54 Å². The molecule has 0 radical (unpaired) electrons. The van der Waals surface area contributed by atoms with Crippen LogP contribution in [0.15, 0.2) is 36.4 Å². The topological polar surface area (TPSA) is 74.8 Å². The Labute approximate surface area is 163 Å². The van der Waals surface area contributed by atoms with Crippen molar-refractivity contribution in [2.75, 3.05) is 27.3 Å². The van der Waals surface area contributed by atoms with Crippen LogP contribution in [0.2, 0.25) is 0 Å². The maximum absolute atomic E-state index is 13.1. The lowest BCUT2D eigenvalue weighted by Crippen LogP contribution is -2.37. The van der Waals surface area contributed by atoms with E-state index in [0.29, 0.717) is 30.2 Å². The zero-order valence-corrected chi connectivity index (χ0v) is 16.3. The predicted molar refractivity (Wildman–Crippen MR) is 107 cm³/mol. The monoisotopic (exact) mass is 380 g/mol. The van der Waals surface area contributed by atoms with Crippen molar-refractivity contribution >= 4 is 16.7 Å². The van der Waals surface area contributed by atoms with E-state index < -0.39 is 6.10 Å². The highest BCUT2D eigenvalue weighted by Crippen LogP contribution is 2.39. The first-order valence-electron chi connectivity index (χ1n) is 9.28. The molecule has 6 heteroatoms. The minimum Gasteiger partial charge on any atom is -0.496 e. The number of nitrogens with one attached hydrogen (secondary N) is 1. The van der Waals surface area contributed by atoms with Crippen LogP contribution in [0.25, 0.3) is 10.9 Å². The van der Waals surface area contributed by atoms with E-state index in [1.54, 1.807) is 20.3 Å². The summed E-state index contributed by atoms with van der Waals surface area (Å²) < 4.78 is 10.9. The van der Waals surface area contributed by atoms with E-state index in [1.807, 2.05) is 42.2 Å². The number of aliphatic hydroxyl groups excluding tert-OH is 1. The number of β-amino-alcohol motifs (C(OH)–C–C–N with tert-alkyl or cyclic N) is 1. The van der Waals surface area contributed by atoms with Crippen molar-refractivity contribution in [3.05, 3.63) is 58.8 Å². The number of Topliss-reactive ketones (excluding diaryl/α,β-unsaturated/α-hetero) is 1. The Morgan fingerprint density at radius 3 is 2.64 bits per heavy atom. The fraction of sp³-hybridized carbons (Fsp3) is 0.318. The number of aliphatic hydroxyl groups is 1. The molecule has 1 unspecified atom stereocenters. The molecule has 1 aliphatic heterocycles. The van der Waals surface area contributed by atoms with Gasteiger partial charge in [0.25, 0.3) is 0 Å². The van der Waals surface area contributed by atoms with Crippen LogP contribution in [-0.4, -0.2) is 48.1 Å². The normalized spacial score (nSPS) is 16.8. The SMILES string of the molecule is COc1ccc(OC)c2c1CN(CC(=O)c1c(C)[nH]c3ccccc13)CC2O. The summed E-state index contributed by atoms with van der Waals surface area (Å²) in [6.45, 7) is 3.02.